The summed E-state index contributed by atoms with van der Waals surface area (Å²) >= 11 is 1.57. The summed E-state index contributed by atoms with van der Waals surface area (Å²) in [5, 5.41) is 0.416. The largest absolute Gasteiger partial charge is 0.379 e. The summed E-state index contributed by atoms with van der Waals surface area (Å²) < 4.78 is 18.9. The Morgan fingerprint density at radius 1 is 1.41 bits per heavy atom. The molecule has 2 fully saturated rings. The van der Waals surface area contributed by atoms with Crippen LogP contribution in [0.4, 0.5) is 4.39 Å². The first-order valence-electron chi connectivity index (χ1n) is 5.96. The molecule has 0 aromatic heterocycles. The Morgan fingerprint density at radius 3 is 2.71 bits per heavy atom. The number of halogens is 1. The molecule has 17 heavy (non-hydrogen) atoms. The Hall–Kier alpha value is -0.580. The van der Waals surface area contributed by atoms with Gasteiger partial charge in [-0.1, -0.05) is 6.07 Å². The highest BCUT2D eigenvalue weighted by molar-refractivity contribution is 8.00. The van der Waals surface area contributed by atoms with Crippen LogP contribution in [-0.4, -0.2) is 24.0 Å². The van der Waals surface area contributed by atoms with Crippen molar-refractivity contribution >= 4 is 11.8 Å². The molecule has 0 bridgehead atoms. The Kier molecular flexibility index (Phi) is 2.89. The summed E-state index contributed by atoms with van der Waals surface area (Å²) in [5.74, 6) is -0.122. The molecule has 4 heteroatoms. The van der Waals surface area contributed by atoms with Crippen LogP contribution in [0.5, 0.6) is 0 Å². The molecule has 0 unspecified atom stereocenters. The zero-order valence-corrected chi connectivity index (χ0v) is 10.4. The summed E-state index contributed by atoms with van der Waals surface area (Å²) in [6.45, 7) is 1.47. The minimum Gasteiger partial charge on any atom is -0.379 e. The lowest BCUT2D eigenvalue weighted by Crippen LogP contribution is -2.30. The zero-order valence-electron chi connectivity index (χ0n) is 9.62. The highest BCUT2D eigenvalue weighted by Crippen LogP contribution is 2.37. The molecule has 3 rings (SSSR count). The summed E-state index contributed by atoms with van der Waals surface area (Å²) in [6.07, 6.45) is 2.91. The molecule has 1 aliphatic heterocycles. The Labute approximate surface area is 105 Å². The van der Waals surface area contributed by atoms with Crippen molar-refractivity contribution in [2.24, 2.45) is 5.73 Å². The van der Waals surface area contributed by atoms with Gasteiger partial charge in [0, 0.05) is 10.4 Å². The van der Waals surface area contributed by atoms with Gasteiger partial charge >= 0.3 is 0 Å². The fraction of sp³-hybridized carbons (Fsp3) is 0.538. The maximum absolute atomic E-state index is 13.9. The van der Waals surface area contributed by atoms with Gasteiger partial charge < -0.3 is 10.5 Å². The highest BCUT2D eigenvalue weighted by Gasteiger charge is 2.38. The molecule has 1 aliphatic carbocycles. The van der Waals surface area contributed by atoms with Crippen LogP contribution in [0, 0.1) is 5.82 Å². The van der Waals surface area contributed by atoms with Gasteiger partial charge in [-0.2, -0.15) is 0 Å². The van der Waals surface area contributed by atoms with E-state index in [4.69, 9.17) is 10.5 Å². The maximum Gasteiger partial charge on any atom is 0.137 e. The van der Waals surface area contributed by atoms with E-state index in [0.29, 0.717) is 5.25 Å². The van der Waals surface area contributed by atoms with Crippen LogP contribution in [0.25, 0.3) is 0 Å². The average Bonchev–Trinajstić information content (AvgIpc) is 2.92. The Balaban J connectivity index is 1.69. The summed E-state index contributed by atoms with van der Waals surface area (Å²) in [7, 11) is 0. The molecule has 1 aromatic carbocycles. The van der Waals surface area contributed by atoms with Crippen LogP contribution in [0.15, 0.2) is 23.1 Å². The zero-order chi connectivity index (χ0) is 11.9. The Bertz CT molecular complexity index is 429. The number of ether oxygens (including phenoxy) is 1. The van der Waals surface area contributed by atoms with Crippen LogP contribution < -0.4 is 5.73 Å². The van der Waals surface area contributed by atoms with E-state index < -0.39 is 0 Å². The van der Waals surface area contributed by atoms with E-state index >= 15 is 0 Å². The van der Waals surface area contributed by atoms with Gasteiger partial charge in [0.2, 0.25) is 0 Å². The first kappa shape index (κ1) is 11.5. The first-order valence-corrected chi connectivity index (χ1v) is 6.84. The number of hydrogen-bond acceptors (Lipinski definition) is 3. The van der Waals surface area contributed by atoms with Gasteiger partial charge in [-0.25, -0.2) is 4.39 Å². The number of benzene rings is 1. The first-order chi connectivity index (χ1) is 8.15. The van der Waals surface area contributed by atoms with E-state index in [2.05, 4.69) is 0 Å². The molecule has 1 saturated carbocycles. The van der Waals surface area contributed by atoms with E-state index in [1.54, 1.807) is 17.8 Å². The second kappa shape index (κ2) is 4.26. The number of hydrogen-bond donors (Lipinski definition) is 1. The van der Waals surface area contributed by atoms with Crippen molar-refractivity contribution in [1.29, 1.82) is 0 Å². The molecular formula is C13H16FNOS. The molecule has 2 nitrogen and oxygen atoms in total. The van der Waals surface area contributed by atoms with Gasteiger partial charge in [0.1, 0.15) is 5.82 Å². The van der Waals surface area contributed by atoms with Gasteiger partial charge in [0.15, 0.2) is 0 Å². The Morgan fingerprint density at radius 2 is 2.18 bits per heavy atom. The highest BCUT2D eigenvalue weighted by atomic mass is 32.2. The van der Waals surface area contributed by atoms with E-state index in [0.717, 1.165) is 42.9 Å². The number of nitrogens with two attached hydrogens (primary N) is 1. The van der Waals surface area contributed by atoms with Crippen molar-refractivity contribution in [3.63, 3.8) is 0 Å². The second-order valence-electron chi connectivity index (χ2n) is 5.08. The van der Waals surface area contributed by atoms with Gasteiger partial charge in [0.05, 0.1) is 18.5 Å². The predicted octanol–water partition coefficient (Wildman–Crippen LogP) is 2.35. The summed E-state index contributed by atoms with van der Waals surface area (Å²) in [5.41, 5.74) is 6.99. The van der Waals surface area contributed by atoms with Crippen molar-refractivity contribution < 1.29 is 9.13 Å². The van der Waals surface area contributed by atoms with Crippen LogP contribution >= 0.6 is 11.8 Å². The fourth-order valence-corrected chi connectivity index (χ4v) is 2.96. The van der Waals surface area contributed by atoms with Crippen molar-refractivity contribution in [2.45, 2.75) is 34.9 Å². The smallest absolute Gasteiger partial charge is 0.137 e. The van der Waals surface area contributed by atoms with Crippen molar-refractivity contribution in [2.75, 3.05) is 13.2 Å². The van der Waals surface area contributed by atoms with E-state index in [-0.39, 0.29) is 11.4 Å². The van der Waals surface area contributed by atoms with Gasteiger partial charge in [0.25, 0.3) is 0 Å². The normalized spacial score (nSPS) is 22.2. The number of thioether (sulfide) groups is 1. The van der Waals surface area contributed by atoms with Gasteiger partial charge in [-0.3, -0.25) is 0 Å². The third kappa shape index (κ3) is 2.64. The predicted molar refractivity (Wildman–Crippen MR) is 66.7 cm³/mol. The molecule has 0 radical (unpaired) electrons. The third-order valence-electron chi connectivity index (χ3n) is 3.35. The van der Waals surface area contributed by atoms with Crippen LogP contribution in [0.2, 0.25) is 0 Å². The SMILES string of the molecule is NC1(Cc2ccc(SC3COC3)c(F)c2)CC1. The lowest BCUT2D eigenvalue weighted by atomic mass is 10.1. The molecule has 0 spiro atoms. The molecule has 1 heterocycles. The standard InChI is InChI=1S/C13H16FNOS/c14-11-5-9(6-13(15)3-4-13)1-2-12(11)17-10-7-16-8-10/h1-2,5,10H,3-4,6-8,15H2. The molecule has 0 amide bonds. The minimum atomic E-state index is -0.122. The topological polar surface area (TPSA) is 35.2 Å². The molecule has 0 atom stereocenters. The average molecular weight is 253 g/mol. The molecule has 92 valence electrons. The fourth-order valence-electron chi connectivity index (χ4n) is 1.96. The van der Waals surface area contributed by atoms with Crippen LogP contribution in [0.3, 0.4) is 0 Å². The maximum atomic E-state index is 13.9. The summed E-state index contributed by atoms with van der Waals surface area (Å²) in [6, 6.07) is 5.51. The molecular weight excluding hydrogens is 237 g/mol. The monoisotopic (exact) mass is 253 g/mol. The van der Waals surface area contributed by atoms with Gasteiger partial charge in [-0.05, 0) is 37.0 Å². The quantitative estimate of drug-likeness (QED) is 0.894. The molecule has 1 saturated heterocycles. The van der Waals surface area contributed by atoms with Gasteiger partial charge in [-0.15, -0.1) is 11.8 Å². The van der Waals surface area contributed by atoms with E-state index in [1.807, 2.05) is 12.1 Å². The number of rotatable bonds is 4. The van der Waals surface area contributed by atoms with E-state index in [1.165, 1.54) is 0 Å². The molecule has 1 aromatic rings. The second-order valence-corrected chi connectivity index (χ2v) is 6.42. The molecule has 2 N–H and O–H groups in total. The minimum absolute atomic E-state index is 0.0527. The molecule has 2 aliphatic rings. The third-order valence-corrected chi connectivity index (χ3v) is 4.54. The van der Waals surface area contributed by atoms with Crippen molar-refractivity contribution in [1.82, 2.24) is 0 Å². The van der Waals surface area contributed by atoms with Crippen LogP contribution in [-0.2, 0) is 11.2 Å². The van der Waals surface area contributed by atoms with Crippen molar-refractivity contribution in [3.8, 4) is 0 Å². The van der Waals surface area contributed by atoms with E-state index in [9.17, 15) is 4.39 Å². The lowest BCUT2D eigenvalue weighted by molar-refractivity contribution is 0.0455. The van der Waals surface area contributed by atoms with Crippen molar-refractivity contribution in [3.05, 3.63) is 29.6 Å². The van der Waals surface area contributed by atoms with Crippen LogP contribution in [0.1, 0.15) is 18.4 Å². The lowest BCUT2D eigenvalue weighted by Gasteiger charge is -2.25. The summed E-state index contributed by atoms with van der Waals surface area (Å²) in [4.78, 5) is 0.726.